The van der Waals surface area contributed by atoms with E-state index in [1.54, 1.807) is 16.7 Å². The lowest BCUT2D eigenvalue weighted by Crippen LogP contribution is -2.44. The van der Waals surface area contributed by atoms with E-state index < -0.39 is 11.6 Å². The van der Waals surface area contributed by atoms with Crippen molar-refractivity contribution in [3.05, 3.63) is 53.4 Å². The average molecular weight is 368 g/mol. The van der Waals surface area contributed by atoms with E-state index in [0.29, 0.717) is 23.8 Å². The van der Waals surface area contributed by atoms with E-state index in [0.717, 1.165) is 25.5 Å². The van der Waals surface area contributed by atoms with Gasteiger partial charge < -0.3 is 15.2 Å². The summed E-state index contributed by atoms with van der Waals surface area (Å²) in [6.07, 6.45) is 3.31. The molecule has 0 amide bonds. The molecule has 1 atom stereocenters. The molecule has 0 spiro atoms. The van der Waals surface area contributed by atoms with E-state index in [1.165, 1.54) is 12.3 Å². The number of nitrogens with zero attached hydrogens (tertiary/aromatic N) is 5. The molecule has 0 radical (unpaired) electrons. The van der Waals surface area contributed by atoms with Gasteiger partial charge in [-0.15, -0.1) is 0 Å². The minimum absolute atomic E-state index is 0.0154. The van der Waals surface area contributed by atoms with Crippen molar-refractivity contribution < 1.29 is 8.78 Å². The van der Waals surface area contributed by atoms with Crippen molar-refractivity contribution in [2.45, 2.75) is 25.4 Å². The van der Waals surface area contributed by atoms with E-state index in [4.69, 9.17) is 11.0 Å². The molecule has 8 heteroatoms. The summed E-state index contributed by atoms with van der Waals surface area (Å²) in [6.45, 7) is 1.61. The highest BCUT2D eigenvalue weighted by molar-refractivity contribution is 5.80. The number of imidazole rings is 1. The predicted molar refractivity (Wildman–Crippen MR) is 97.1 cm³/mol. The molecule has 2 N–H and O–H groups in total. The zero-order valence-electron chi connectivity index (χ0n) is 14.6. The first-order chi connectivity index (χ1) is 13.0. The molecule has 0 aliphatic carbocycles. The zero-order valence-corrected chi connectivity index (χ0v) is 14.6. The van der Waals surface area contributed by atoms with Crippen molar-refractivity contribution in [3.8, 4) is 6.07 Å². The number of aromatic nitrogens is 3. The van der Waals surface area contributed by atoms with Crippen molar-refractivity contribution in [2.75, 3.05) is 18.0 Å². The van der Waals surface area contributed by atoms with Gasteiger partial charge in [0.1, 0.15) is 17.4 Å². The maximum Gasteiger partial charge on any atom is 0.207 e. The Hall–Kier alpha value is -3.05. The van der Waals surface area contributed by atoms with Gasteiger partial charge >= 0.3 is 0 Å². The van der Waals surface area contributed by atoms with Crippen molar-refractivity contribution in [2.24, 2.45) is 5.73 Å². The van der Waals surface area contributed by atoms with Gasteiger partial charge in [-0.1, -0.05) is 0 Å². The number of hydrogen-bond acceptors (Lipinski definition) is 5. The summed E-state index contributed by atoms with van der Waals surface area (Å²) in [5.41, 5.74) is 7.68. The molecular weight excluding hydrogens is 350 g/mol. The molecule has 1 aliphatic heterocycles. The highest BCUT2D eigenvalue weighted by Crippen LogP contribution is 2.28. The lowest BCUT2D eigenvalue weighted by Gasteiger charge is -2.32. The van der Waals surface area contributed by atoms with Gasteiger partial charge in [0.25, 0.3) is 0 Å². The first-order valence-electron chi connectivity index (χ1n) is 8.76. The molecule has 3 aromatic rings. The Labute approximate surface area is 154 Å². The van der Waals surface area contributed by atoms with Crippen LogP contribution in [-0.4, -0.2) is 33.7 Å². The van der Waals surface area contributed by atoms with Crippen molar-refractivity contribution in [3.63, 3.8) is 0 Å². The number of nitriles is 1. The second-order valence-corrected chi connectivity index (χ2v) is 6.75. The number of pyridine rings is 1. The third-order valence-corrected chi connectivity index (χ3v) is 4.75. The normalized spacial score (nSPS) is 17.3. The monoisotopic (exact) mass is 368 g/mol. The smallest absolute Gasteiger partial charge is 0.207 e. The quantitative estimate of drug-likeness (QED) is 0.768. The lowest BCUT2D eigenvalue weighted by molar-refractivity contribution is 0.494. The van der Waals surface area contributed by atoms with Gasteiger partial charge in [-0.05, 0) is 25.0 Å². The number of anilines is 1. The summed E-state index contributed by atoms with van der Waals surface area (Å²) in [7, 11) is 0. The lowest BCUT2D eigenvalue weighted by atomic mass is 10.1. The summed E-state index contributed by atoms with van der Waals surface area (Å²) >= 11 is 0. The van der Waals surface area contributed by atoms with Crippen LogP contribution in [0.2, 0.25) is 0 Å². The fourth-order valence-corrected chi connectivity index (χ4v) is 3.50. The Morgan fingerprint density at radius 2 is 2.15 bits per heavy atom. The molecule has 138 valence electrons. The number of nitrogens with two attached hydrogens (primary N) is 1. The predicted octanol–water partition coefficient (Wildman–Crippen LogP) is 2.56. The Morgan fingerprint density at radius 3 is 2.85 bits per heavy atom. The number of fused-ring (bicyclic) bond motifs is 1. The van der Waals surface area contributed by atoms with Crippen LogP contribution in [0.1, 0.15) is 24.1 Å². The van der Waals surface area contributed by atoms with Crippen LogP contribution in [0.4, 0.5) is 14.7 Å². The van der Waals surface area contributed by atoms with Crippen molar-refractivity contribution in [1.29, 1.82) is 5.26 Å². The Bertz CT molecular complexity index is 1020. The number of hydrogen-bond donors (Lipinski definition) is 1. The number of rotatable bonds is 3. The maximum absolute atomic E-state index is 14.6. The second-order valence-electron chi connectivity index (χ2n) is 6.75. The highest BCUT2D eigenvalue weighted by Gasteiger charge is 2.24. The average Bonchev–Trinajstić information content (AvgIpc) is 3.01. The Balaban J connectivity index is 1.82. The summed E-state index contributed by atoms with van der Waals surface area (Å²) in [5, 5.41) is 8.92. The zero-order chi connectivity index (χ0) is 19.0. The third-order valence-electron chi connectivity index (χ3n) is 4.75. The number of halogens is 2. The first-order valence-corrected chi connectivity index (χ1v) is 8.76. The van der Waals surface area contributed by atoms with Gasteiger partial charge in [0, 0.05) is 37.5 Å². The first kappa shape index (κ1) is 17.4. The largest absolute Gasteiger partial charge is 0.341 e. The molecule has 27 heavy (non-hydrogen) atoms. The van der Waals surface area contributed by atoms with Crippen LogP contribution in [-0.2, 0) is 6.54 Å². The van der Waals surface area contributed by atoms with Gasteiger partial charge in [0.05, 0.1) is 23.3 Å². The minimum atomic E-state index is -0.668. The molecule has 4 rings (SSSR count). The SMILES string of the molecule is N#Cc1ccc(Cn2c(N3CCC[C@H](N)C3)nc3cc(F)cc(F)c32)nc1. The molecule has 1 aliphatic rings. The summed E-state index contributed by atoms with van der Waals surface area (Å²) in [6, 6.07) is 7.51. The van der Waals surface area contributed by atoms with Crippen LogP contribution < -0.4 is 10.6 Å². The molecule has 3 heterocycles. The maximum atomic E-state index is 14.6. The third kappa shape index (κ3) is 3.34. The van der Waals surface area contributed by atoms with Crippen LogP contribution in [0.5, 0.6) is 0 Å². The molecule has 1 aromatic carbocycles. The minimum Gasteiger partial charge on any atom is -0.341 e. The fourth-order valence-electron chi connectivity index (χ4n) is 3.50. The molecule has 1 saturated heterocycles. The van der Waals surface area contributed by atoms with Crippen molar-refractivity contribution in [1.82, 2.24) is 14.5 Å². The second kappa shape index (κ2) is 6.93. The highest BCUT2D eigenvalue weighted by atomic mass is 19.1. The molecule has 6 nitrogen and oxygen atoms in total. The van der Waals surface area contributed by atoms with E-state index in [-0.39, 0.29) is 23.6 Å². The summed E-state index contributed by atoms with van der Waals surface area (Å²) in [5.74, 6) is -0.780. The Morgan fingerprint density at radius 1 is 1.30 bits per heavy atom. The number of piperidine rings is 1. The van der Waals surface area contributed by atoms with Crippen LogP contribution in [0, 0.1) is 23.0 Å². The molecule has 1 fully saturated rings. The summed E-state index contributed by atoms with van der Waals surface area (Å²) in [4.78, 5) is 10.8. The molecule has 0 unspecified atom stereocenters. The van der Waals surface area contributed by atoms with Crippen LogP contribution in [0.25, 0.3) is 11.0 Å². The Kier molecular flexibility index (Phi) is 4.46. The molecular formula is C19H18F2N6. The van der Waals surface area contributed by atoms with Crippen LogP contribution in [0.3, 0.4) is 0 Å². The number of benzene rings is 1. The van der Waals surface area contributed by atoms with E-state index in [9.17, 15) is 8.78 Å². The molecule has 0 saturated carbocycles. The van der Waals surface area contributed by atoms with E-state index in [1.807, 2.05) is 11.0 Å². The van der Waals surface area contributed by atoms with Gasteiger partial charge in [0.2, 0.25) is 5.95 Å². The summed E-state index contributed by atoms with van der Waals surface area (Å²) < 4.78 is 30.0. The van der Waals surface area contributed by atoms with Crippen molar-refractivity contribution >= 4 is 17.0 Å². The van der Waals surface area contributed by atoms with E-state index in [2.05, 4.69) is 9.97 Å². The van der Waals surface area contributed by atoms with Crippen LogP contribution in [0.15, 0.2) is 30.5 Å². The van der Waals surface area contributed by atoms with Gasteiger partial charge in [0.15, 0.2) is 5.82 Å². The standard InChI is InChI=1S/C19H18F2N6/c20-13-6-16(21)18-17(7-13)25-19(26-5-1-2-14(23)10-26)27(18)11-15-4-3-12(8-22)9-24-15/h3-4,6-7,9,14H,1-2,5,10-11,23H2/t14-/m0/s1. The fraction of sp³-hybridized carbons (Fsp3) is 0.316. The van der Waals surface area contributed by atoms with Crippen LogP contribution >= 0.6 is 0 Å². The molecule has 2 aromatic heterocycles. The topological polar surface area (TPSA) is 83.8 Å². The van der Waals surface area contributed by atoms with Gasteiger partial charge in [-0.25, -0.2) is 13.8 Å². The van der Waals surface area contributed by atoms with Gasteiger partial charge in [-0.3, -0.25) is 4.98 Å². The van der Waals surface area contributed by atoms with Gasteiger partial charge in [-0.2, -0.15) is 5.26 Å². The molecule has 0 bridgehead atoms. The van der Waals surface area contributed by atoms with E-state index >= 15 is 0 Å².